The molecule has 0 aromatic heterocycles. The first-order valence-electron chi connectivity index (χ1n) is 14.8. The first-order valence-corrected chi connectivity index (χ1v) is 16.2. The van der Waals surface area contributed by atoms with Gasteiger partial charge in [-0.3, -0.25) is 13.9 Å². The van der Waals surface area contributed by atoms with Crippen LogP contribution in [0.15, 0.2) is 71.6 Å². The monoisotopic (exact) mass is 589 g/mol. The van der Waals surface area contributed by atoms with Crippen LogP contribution in [-0.2, 0) is 26.2 Å². The molecule has 2 amide bonds. The Balaban J connectivity index is 1.73. The average molecular weight is 590 g/mol. The van der Waals surface area contributed by atoms with Gasteiger partial charge in [-0.2, -0.15) is 0 Å². The van der Waals surface area contributed by atoms with E-state index in [0.717, 1.165) is 53.5 Å². The Bertz CT molecular complexity index is 1470. The lowest BCUT2D eigenvalue weighted by molar-refractivity contribution is -0.140. The van der Waals surface area contributed by atoms with Gasteiger partial charge in [-0.25, -0.2) is 8.42 Å². The van der Waals surface area contributed by atoms with Crippen LogP contribution in [0.1, 0.15) is 66.8 Å². The average Bonchev–Trinajstić information content (AvgIpc) is 3.45. The maximum absolute atomic E-state index is 14.3. The molecule has 1 saturated carbocycles. The number of nitrogens with zero attached hydrogens (tertiary/aromatic N) is 2. The highest BCUT2D eigenvalue weighted by molar-refractivity contribution is 7.92. The molecule has 1 fully saturated rings. The standard InChI is InChI=1S/C34H43N3O4S/c1-6-32(34(39)35-29-9-7-8-10-29)36(22-28-15-11-24(2)12-16-28)33(38)23-37(30-20-26(4)19-27(5)21-30)42(40,41)31-17-13-25(3)14-18-31/h11-21,29,32H,6-10,22-23H2,1-5H3,(H,35,39)/t32-/m0/s1. The SMILES string of the molecule is CC[C@@H](C(=O)NC1CCCC1)N(Cc1ccc(C)cc1)C(=O)CN(c1cc(C)cc(C)c1)S(=O)(=O)c1ccc(C)cc1. The van der Waals surface area contributed by atoms with Crippen LogP contribution in [0.5, 0.6) is 0 Å². The molecule has 1 atom stereocenters. The van der Waals surface area contributed by atoms with Crippen molar-refractivity contribution >= 4 is 27.5 Å². The van der Waals surface area contributed by atoms with Crippen LogP contribution in [-0.4, -0.2) is 43.8 Å². The van der Waals surface area contributed by atoms with Crippen molar-refractivity contribution in [2.75, 3.05) is 10.8 Å². The number of amides is 2. The van der Waals surface area contributed by atoms with Crippen molar-refractivity contribution in [3.05, 3.63) is 94.5 Å². The lowest BCUT2D eigenvalue weighted by Gasteiger charge is -2.34. The summed E-state index contributed by atoms with van der Waals surface area (Å²) in [4.78, 5) is 29.5. The van der Waals surface area contributed by atoms with E-state index in [9.17, 15) is 18.0 Å². The second kappa shape index (κ2) is 13.6. The maximum atomic E-state index is 14.3. The number of hydrogen-bond acceptors (Lipinski definition) is 4. The minimum Gasteiger partial charge on any atom is -0.352 e. The Morgan fingerprint density at radius 1 is 0.833 bits per heavy atom. The fourth-order valence-electron chi connectivity index (χ4n) is 5.64. The molecule has 7 nitrogen and oxygen atoms in total. The summed E-state index contributed by atoms with van der Waals surface area (Å²) in [6.45, 7) is 9.34. The quantitative estimate of drug-likeness (QED) is 0.298. The predicted octanol–water partition coefficient (Wildman–Crippen LogP) is 5.98. The van der Waals surface area contributed by atoms with E-state index in [1.165, 1.54) is 4.31 Å². The number of carbonyl (C=O) groups excluding carboxylic acids is 2. The summed E-state index contributed by atoms with van der Waals surface area (Å²) in [5, 5.41) is 3.16. The molecule has 0 spiro atoms. The van der Waals surface area contributed by atoms with E-state index < -0.39 is 28.5 Å². The Morgan fingerprint density at radius 3 is 1.93 bits per heavy atom. The number of carbonyl (C=O) groups is 2. The number of anilines is 1. The van der Waals surface area contributed by atoms with Gasteiger partial charge in [-0.05, 0) is 87.9 Å². The van der Waals surface area contributed by atoms with Crippen LogP contribution >= 0.6 is 0 Å². The molecule has 1 aliphatic rings. The van der Waals surface area contributed by atoms with E-state index >= 15 is 0 Å². The number of aryl methyl sites for hydroxylation is 4. The Hall–Kier alpha value is -3.65. The van der Waals surface area contributed by atoms with Crippen molar-refractivity contribution in [3.63, 3.8) is 0 Å². The molecule has 0 heterocycles. The number of sulfonamides is 1. The number of nitrogens with one attached hydrogen (secondary N) is 1. The summed E-state index contributed by atoms with van der Waals surface area (Å²) < 4.78 is 29.4. The predicted molar refractivity (Wildman–Crippen MR) is 168 cm³/mol. The molecule has 1 aliphatic carbocycles. The van der Waals surface area contributed by atoms with Crippen LogP contribution in [0.25, 0.3) is 0 Å². The molecule has 3 aromatic rings. The van der Waals surface area contributed by atoms with E-state index in [0.29, 0.717) is 12.1 Å². The molecule has 224 valence electrons. The lowest BCUT2D eigenvalue weighted by atomic mass is 10.1. The van der Waals surface area contributed by atoms with Gasteiger partial charge in [-0.15, -0.1) is 0 Å². The molecule has 8 heteroatoms. The number of rotatable bonds is 11. The third-order valence-electron chi connectivity index (χ3n) is 7.94. The molecule has 42 heavy (non-hydrogen) atoms. The van der Waals surface area contributed by atoms with Gasteiger partial charge in [0.05, 0.1) is 10.6 Å². The topological polar surface area (TPSA) is 86.8 Å². The first kappa shape index (κ1) is 31.3. The maximum Gasteiger partial charge on any atom is 0.264 e. The molecular weight excluding hydrogens is 546 g/mol. The van der Waals surface area contributed by atoms with Crippen molar-refractivity contribution < 1.29 is 18.0 Å². The molecule has 0 bridgehead atoms. The smallest absolute Gasteiger partial charge is 0.264 e. The van der Waals surface area contributed by atoms with Crippen molar-refractivity contribution in [1.82, 2.24) is 10.2 Å². The Kier molecular flexibility index (Phi) is 10.1. The van der Waals surface area contributed by atoms with Gasteiger partial charge in [-0.1, -0.05) is 73.4 Å². The fraction of sp³-hybridized carbons (Fsp3) is 0.412. The molecule has 0 saturated heterocycles. The third-order valence-corrected chi connectivity index (χ3v) is 9.73. The van der Waals surface area contributed by atoms with Crippen LogP contribution in [0.2, 0.25) is 0 Å². The molecule has 0 aliphatic heterocycles. The second-order valence-corrected chi connectivity index (χ2v) is 13.5. The van der Waals surface area contributed by atoms with Crippen LogP contribution in [0, 0.1) is 27.7 Å². The van der Waals surface area contributed by atoms with E-state index in [-0.39, 0.29) is 23.4 Å². The van der Waals surface area contributed by atoms with Gasteiger partial charge in [0.1, 0.15) is 12.6 Å². The zero-order valence-electron chi connectivity index (χ0n) is 25.4. The Labute approximate surface area is 251 Å². The van der Waals surface area contributed by atoms with Gasteiger partial charge in [0.25, 0.3) is 10.0 Å². The Morgan fingerprint density at radius 2 is 1.38 bits per heavy atom. The van der Waals surface area contributed by atoms with Crippen molar-refractivity contribution in [2.24, 2.45) is 0 Å². The summed E-state index contributed by atoms with van der Waals surface area (Å²) in [6, 6.07) is 19.4. The fourth-order valence-corrected chi connectivity index (χ4v) is 7.04. The van der Waals surface area contributed by atoms with Crippen LogP contribution in [0.4, 0.5) is 5.69 Å². The largest absolute Gasteiger partial charge is 0.352 e. The molecule has 3 aromatic carbocycles. The van der Waals surface area contributed by atoms with Gasteiger partial charge in [0, 0.05) is 12.6 Å². The summed E-state index contributed by atoms with van der Waals surface area (Å²) >= 11 is 0. The third kappa shape index (κ3) is 7.59. The number of benzene rings is 3. The molecule has 0 unspecified atom stereocenters. The molecular formula is C34H43N3O4S. The van der Waals surface area contributed by atoms with Gasteiger partial charge in [0.15, 0.2) is 0 Å². The highest BCUT2D eigenvalue weighted by Crippen LogP contribution is 2.27. The summed E-state index contributed by atoms with van der Waals surface area (Å²) in [5.74, 6) is -0.622. The normalized spacial score (nSPS) is 14.4. The van der Waals surface area contributed by atoms with Gasteiger partial charge >= 0.3 is 0 Å². The molecule has 4 rings (SSSR count). The highest BCUT2D eigenvalue weighted by atomic mass is 32.2. The van der Waals surface area contributed by atoms with Crippen LogP contribution < -0.4 is 9.62 Å². The van der Waals surface area contributed by atoms with E-state index in [4.69, 9.17) is 0 Å². The molecule has 1 N–H and O–H groups in total. The minimum atomic E-state index is -4.10. The number of hydrogen-bond donors (Lipinski definition) is 1. The molecule has 0 radical (unpaired) electrons. The zero-order valence-corrected chi connectivity index (χ0v) is 26.2. The summed E-state index contributed by atoms with van der Waals surface area (Å²) in [6.07, 6.45) is 4.43. The van der Waals surface area contributed by atoms with Gasteiger partial charge < -0.3 is 10.2 Å². The highest BCUT2D eigenvalue weighted by Gasteiger charge is 2.34. The van der Waals surface area contributed by atoms with Crippen molar-refractivity contribution in [3.8, 4) is 0 Å². The second-order valence-electron chi connectivity index (χ2n) is 11.6. The van der Waals surface area contributed by atoms with Crippen molar-refractivity contribution in [2.45, 2.75) is 90.2 Å². The summed E-state index contributed by atoms with van der Waals surface area (Å²) in [5.41, 5.74) is 5.10. The zero-order chi connectivity index (χ0) is 30.4. The van der Waals surface area contributed by atoms with Gasteiger partial charge in [0.2, 0.25) is 11.8 Å². The first-order chi connectivity index (χ1) is 20.0. The van der Waals surface area contributed by atoms with Crippen LogP contribution in [0.3, 0.4) is 0 Å². The lowest BCUT2D eigenvalue weighted by Crippen LogP contribution is -2.53. The van der Waals surface area contributed by atoms with Crippen molar-refractivity contribution in [1.29, 1.82) is 0 Å². The summed E-state index contributed by atoms with van der Waals surface area (Å²) in [7, 11) is -4.10. The van der Waals surface area contributed by atoms with E-state index in [1.54, 1.807) is 41.3 Å². The van der Waals surface area contributed by atoms with E-state index in [1.807, 2.05) is 65.0 Å². The minimum absolute atomic E-state index is 0.108. The van der Waals surface area contributed by atoms with E-state index in [2.05, 4.69) is 5.32 Å².